The van der Waals surface area contributed by atoms with Gasteiger partial charge in [0.1, 0.15) is 0 Å². The van der Waals surface area contributed by atoms with E-state index in [-0.39, 0.29) is 5.41 Å². The summed E-state index contributed by atoms with van der Waals surface area (Å²) in [5.41, 5.74) is 4.65. The van der Waals surface area contributed by atoms with Crippen molar-refractivity contribution in [3.8, 4) is 0 Å². The van der Waals surface area contributed by atoms with Gasteiger partial charge in [-0.1, -0.05) is 56.7 Å². The fraction of sp³-hybridized carbons (Fsp3) is 0.579. The van der Waals surface area contributed by atoms with Gasteiger partial charge in [0.15, 0.2) is 0 Å². The molecule has 0 N–H and O–H groups in total. The normalized spacial score (nSPS) is 26.6. The van der Waals surface area contributed by atoms with Crippen LogP contribution in [0.4, 0.5) is 0 Å². The molecule has 0 amide bonds. The van der Waals surface area contributed by atoms with Crippen molar-refractivity contribution in [3.05, 3.63) is 47.0 Å². The zero-order valence-electron chi connectivity index (χ0n) is 13.7. The molecule has 2 unspecified atom stereocenters. The fourth-order valence-electron chi connectivity index (χ4n) is 3.36. The lowest BCUT2D eigenvalue weighted by atomic mass is 9.85. The molecule has 0 aliphatic carbocycles. The number of rotatable bonds is 2. The number of likely N-dealkylation sites (N-methyl/N-ethyl adjacent to an activating group) is 1. The van der Waals surface area contributed by atoms with E-state index in [1.165, 1.54) is 11.1 Å². The molecule has 2 heteroatoms. The summed E-state index contributed by atoms with van der Waals surface area (Å²) in [5.74, 6) is 0. The SMILES string of the molecule is CN1C2C=C(Cc3ccc(C(C)(C)C)cc3)CC1COC2. The van der Waals surface area contributed by atoms with E-state index in [0.717, 1.165) is 26.1 Å². The smallest absolute Gasteiger partial charge is 0.0658 e. The Morgan fingerprint density at radius 2 is 1.86 bits per heavy atom. The van der Waals surface area contributed by atoms with Gasteiger partial charge < -0.3 is 4.74 Å². The Morgan fingerprint density at radius 3 is 2.48 bits per heavy atom. The van der Waals surface area contributed by atoms with Crippen molar-refractivity contribution in [2.45, 2.75) is 51.1 Å². The second-order valence-electron chi connectivity index (χ2n) is 7.58. The highest BCUT2D eigenvalue weighted by atomic mass is 16.5. The average Bonchev–Trinajstić information content (AvgIpc) is 2.39. The highest BCUT2D eigenvalue weighted by Gasteiger charge is 2.31. The number of hydrogen-bond donors (Lipinski definition) is 0. The van der Waals surface area contributed by atoms with Crippen LogP contribution in [0.15, 0.2) is 35.9 Å². The van der Waals surface area contributed by atoms with Crippen molar-refractivity contribution in [2.75, 3.05) is 20.3 Å². The van der Waals surface area contributed by atoms with Gasteiger partial charge in [0.25, 0.3) is 0 Å². The van der Waals surface area contributed by atoms with Crippen LogP contribution in [0, 0.1) is 0 Å². The Bertz CT molecular complexity index is 523. The predicted molar refractivity (Wildman–Crippen MR) is 87.7 cm³/mol. The lowest BCUT2D eigenvalue weighted by molar-refractivity contribution is -0.0260. The number of morpholine rings is 1. The van der Waals surface area contributed by atoms with Crippen LogP contribution in [0.25, 0.3) is 0 Å². The predicted octanol–water partition coefficient (Wildman–Crippen LogP) is 3.56. The number of hydrogen-bond acceptors (Lipinski definition) is 2. The molecule has 2 atom stereocenters. The molecule has 2 aliphatic heterocycles. The molecule has 1 aromatic carbocycles. The summed E-state index contributed by atoms with van der Waals surface area (Å²) in [5, 5.41) is 0. The Balaban J connectivity index is 1.72. The third-order valence-corrected chi connectivity index (χ3v) is 4.87. The van der Waals surface area contributed by atoms with Crippen molar-refractivity contribution in [1.29, 1.82) is 0 Å². The number of nitrogens with zero attached hydrogens (tertiary/aromatic N) is 1. The van der Waals surface area contributed by atoms with Gasteiger partial charge in [0, 0.05) is 6.04 Å². The molecule has 1 saturated heterocycles. The van der Waals surface area contributed by atoms with Crippen LogP contribution in [-0.2, 0) is 16.6 Å². The van der Waals surface area contributed by atoms with Gasteiger partial charge in [-0.25, -0.2) is 0 Å². The summed E-state index contributed by atoms with van der Waals surface area (Å²) in [4.78, 5) is 2.47. The van der Waals surface area contributed by atoms with Crippen molar-refractivity contribution in [1.82, 2.24) is 4.90 Å². The Morgan fingerprint density at radius 1 is 1.14 bits per heavy atom. The van der Waals surface area contributed by atoms with Gasteiger partial charge >= 0.3 is 0 Å². The van der Waals surface area contributed by atoms with Gasteiger partial charge in [-0.3, -0.25) is 4.90 Å². The highest BCUT2D eigenvalue weighted by molar-refractivity contribution is 5.31. The monoisotopic (exact) mass is 285 g/mol. The van der Waals surface area contributed by atoms with Crippen LogP contribution in [-0.4, -0.2) is 37.2 Å². The molecule has 2 heterocycles. The van der Waals surface area contributed by atoms with Gasteiger partial charge in [0.2, 0.25) is 0 Å². The summed E-state index contributed by atoms with van der Waals surface area (Å²) < 4.78 is 5.67. The second-order valence-corrected chi connectivity index (χ2v) is 7.58. The lowest BCUT2D eigenvalue weighted by Crippen LogP contribution is -2.51. The second kappa shape index (κ2) is 5.58. The van der Waals surface area contributed by atoms with E-state index in [9.17, 15) is 0 Å². The fourth-order valence-corrected chi connectivity index (χ4v) is 3.36. The van der Waals surface area contributed by atoms with E-state index < -0.39 is 0 Å². The average molecular weight is 285 g/mol. The van der Waals surface area contributed by atoms with E-state index >= 15 is 0 Å². The molecule has 2 bridgehead atoms. The summed E-state index contributed by atoms with van der Waals surface area (Å²) in [6.07, 6.45) is 4.66. The minimum absolute atomic E-state index is 0.236. The number of ether oxygens (including phenoxy) is 1. The van der Waals surface area contributed by atoms with Crippen molar-refractivity contribution >= 4 is 0 Å². The third-order valence-electron chi connectivity index (χ3n) is 4.87. The highest BCUT2D eigenvalue weighted by Crippen LogP contribution is 2.28. The molecule has 0 radical (unpaired) electrons. The maximum absolute atomic E-state index is 5.67. The molecule has 0 spiro atoms. The first-order chi connectivity index (χ1) is 9.93. The van der Waals surface area contributed by atoms with E-state index in [1.807, 2.05) is 0 Å². The zero-order chi connectivity index (χ0) is 15.0. The maximum atomic E-state index is 5.67. The summed E-state index contributed by atoms with van der Waals surface area (Å²) >= 11 is 0. The lowest BCUT2D eigenvalue weighted by Gasteiger charge is -2.42. The molecule has 1 aromatic rings. The van der Waals surface area contributed by atoms with Crippen LogP contribution in [0.2, 0.25) is 0 Å². The van der Waals surface area contributed by atoms with Crippen molar-refractivity contribution < 1.29 is 4.74 Å². The summed E-state index contributed by atoms with van der Waals surface area (Å²) in [6, 6.07) is 10.2. The van der Waals surface area contributed by atoms with Crippen LogP contribution < -0.4 is 0 Å². The first-order valence-corrected chi connectivity index (χ1v) is 8.02. The standard InChI is InChI=1S/C19H27NO/c1-19(2,3)16-7-5-14(6-8-16)9-15-10-17-12-21-13-18(11-15)20(17)4/h5-8,10,17-18H,9,11-13H2,1-4H3. The minimum Gasteiger partial charge on any atom is -0.378 e. The van der Waals surface area contributed by atoms with Crippen LogP contribution in [0.3, 0.4) is 0 Å². The van der Waals surface area contributed by atoms with E-state index in [4.69, 9.17) is 4.74 Å². The Hall–Kier alpha value is -1.12. The molecule has 1 fully saturated rings. The van der Waals surface area contributed by atoms with Gasteiger partial charge in [-0.05, 0) is 36.4 Å². The van der Waals surface area contributed by atoms with Crippen LogP contribution in [0.5, 0.6) is 0 Å². The van der Waals surface area contributed by atoms with Crippen molar-refractivity contribution in [2.24, 2.45) is 0 Å². The largest absolute Gasteiger partial charge is 0.378 e. The first kappa shape index (κ1) is 14.8. The molecule has 114 valence electrons. The zero-order valence-corrected chi connectivity index (χ0v) is 13.7. The van der Waals surface area contributed by atoms with E-state index in [2.05, 4.69) is 63.1 Å². The number of fused-ring (bicyclic) bond motifs is 2. The molecular formula is C19H27NO. The molecule has 0 aromatic heterocycles. The van der Waals surface area contributed by atoms with Gasteiger partial charge in [-0.15, -0.1) is 0 Å². The molecular weight excluding hydrogens is 258 g/mol. The van der Waals surface area contributed by atoms with Crippen LogP contribution >= 0.6 is 0 Å². The first-order valence-electron chi connectivity index (χ1n) is 8.02. The number of benzene rings is 1. The third kappa shape index (κ3) is 3.22. The molecule has 2 nitrogen and oxygen atoms in total. The topological polar surface area (TPSA) is 12.5 Å². The summed E-state index contributed by atoms with van der Waals surface area (Å²) in [6.45, 7) is 8.53. The molecule has 0 saturated carbocycles. The summed E-state index contributed by atoms with van der Waals surface area (Å²) in [7, 11) is 2.23. The maximum Gasteiger partial charge on any atom is 0.0658 e. The van der Waals surface area contributed by atoms with Gasteiger partial charge in [0.05, 0.1) is 19.3 Å². The molecule has 2 aliphatic rings. The van der Waals surface area contributed by atoms with Crippen molar-refractivity contribution in [3.63, 3.8) is 0 Å². The molecule has 3 rings (SSSR count). The van der Waals surface area contributed by atoms with E-state index in [1.54, 1.807) is 5.57 Å². The Kier molecular flexibility index (Phi) is 3.94. The van der Waals surface area contributed by atoms with Crippen LogP contribution in [0.1, 0.15) is 38.3 Å². The Labute approximate surface area is 128 Å². The van der Waals surface area contributed by atoms with Gasteiger partial charge in [-0.2, -0.15) is 0 Å². The van der Waals surface area contributed by atoms with E-state index in [0.29, 0.717) is 12.1 Å². The minimum atomic E-state index is 0.236. The molecule has 21 heavy (non-hydrogen) atoms. The quantitative estimate of drug-likeness (QED) is 0.770.